The van der Waals surface area contributed by atoms with E-state index in [1.807, 2.05) is 21.1 Å². The molecule has 0 aromatic rings. The van der Waals surface area contributed by atoms with Gasteiger partial charge in [0.25, 0.3) is 0 Å². The number of allylic oxidation sites excluding steroid dienone is 10. The topological polar surface area (TPSA) is 108 Å². The summed E-state index contributed by atoms with van der Waals surface area (Å²) in [5.41, 5.74) is 0. The van der Waals surface area contributed by atoms with Gasteiger partial charge in [0.2, 0.25) is 0 Å². The lowest BCUT2D eigenvalue weighted by atomic mass is 10.1. The van der Waals surface area contributed by atoms with Gasteiger partial charge in [-0.3, -0.25) is 18.6 Å². The molecule has 1 N–H and O–H groups in total. The molecule has 1 unspecified atom stereocenters. The Bertz CT molecular complexity index is 1120. The molecule has 0 aliphatic rings. The number of ether oxygens (including phenoxy) is 2. The summed E-state index contributed by atoms with van der Waals surface area (Å²) < 4.78 is 34.2. The fraction of sp³-hybridized carbons (Fsp3) is 0.733. The SMILES string of the molecule is CCCC/C=C/C/C=C/CCCCCCCC(=O)O[C@H](COC(=O)CCC/C=C/C/C=C/C/C=C/CCCCCCCC)COP(=O)(O)OCC[N+](C)(C)C. The van der Waals surface area contributed by atoms with Crippen LogP contribution >= 0.6 is 7.82 Å². The first-order valence-electron chi connectivity index (χ1n) is 21.5. The van der Waals surface area contributed by atoms with Gasteiger partial charge in [0.05, 0.1) is 27.7 Å². The van der Waals surface area contributed by atoms with Gasteiger partial charge in [0.15, 0.2) is 6.10 Å². The molecule has 0 spiro atoms. The summed E-state index contributed by atoms with van der Waals surface area (Å²) >= 11 is 0. The summed E-state index contributed by atoms with van der Waals surface area (Å²) in [6, 6.07) is 0. The number of carbonyl (C=O) groups excluding carboxylic acids is 2. The minimum absolute atomic E-state index is 0.0188. The zero-order chi connectivity index (χ0) is 40.7. The molecule has 0 saturated carbocycles. The number of unbranched alkanes of at least 4 members (excludes halogenated alkanes) is 14. The van der Waals surface area contributed by atoms with Crippen molar-refractivity contribution in [2.45, 2.75) is 168 Å². The Morgan fingerprint density at radius 1 is 0.564 bits per heavy atom. The van der Waals surface area contributed by atoms with Crippen LogP contribution in [0.4, 0.5) is 0 Å². The molecular formula is C45H81NO8P+. The van der Waals surface area contributed by atoms with Crippen LogP contribution in [0.1, 0.15) is 162 Å². The molecule has 0 aromatic heterocycles. The quantitative estimate of drug-likeness (QED) is 0.0216. The average Bonchev–Trinajstić information content (AvgIpc) is 3.13. The lowest BCUT2D eigenvalue weighted by molar-refractivity contribution is -0.870. The van der Waals surface area contributed by atoms with Crippen LogP contribution in [0, 0.1) is 0 Å². The molecule has 10 heteroatoms. The van der Waals surface area contributed by atoms with E-state index in [1.165, 1.54) is 51.4 Å². The van der Waals surface area contributed by atoms with E-state index < -0.39 is 32.5 Å². The Kier molecular flexibility index (Phi) is 35.7. The molecule has 0 saturated heterocycles. The van der Waals surface area contributed by atoms with Crippen molar-refractivity contribution in [2.24, 2.45) is 0 Å². The largest absolute Gasteiger partial charge is 0.472 e. The van der Waals surface area contributed by atoms with Gasteiger partial charge in [-0.1, -0.05) is 139 Å². The molecule has 0 aromatic carbocycles. The van der Waals surface area contributed by atoms with Crippen molar-refractivity contribution in [1.29, 1.82) is 0 Å². The number of rotatable bonds is 38. The fourth-order valence-corrected chi connectivity index (χ4v) is 6.08. The third kappa shape index (κ3) is 41.2. The van der Waals surface area contributed by atoms with Gasteiger partial charge in [-0.15, -0.1) is 0 Å². The molecule has 0 aliphatic heterocycles. The number of quaternary nitrogens is 1. The molecule has 0 heterocycles. The second-order valence-corrected chi connectivity index (χ2v) is 16.8. The summed E-state index contributed by atoms with van der Waals surface area (Å²) in [6.45, 7) is 4.28. The van der Waals surface area contributed by atoms with Crippen LogP contribution in [0.25, 0.3) is 0 Å². The number of esters is 2. The third-order valence-corrected chi connectivity index (χ3v) is 9.75. The second-order valence-electron chi connectivity index (χ2n) is 15.4. The van der Waals surface area contributed by atoms with E-state index in [4.69, 9.17) is 18.5 Å². The highest BCUT2D eigenvalue weighted by Crippen LogP contribution is 2.43. The van der Waals surface area contributed by atoms with E-state index in [2.05, 4.69) is 74.6 Å². The molecular weight excluding hydrogens is 713 g/mol. The fourth-order valence-electron chi connectivity index (χ4n) is 5.34. The Morgan fingerprint density at radius 3 is 1.56 bits per heavy atom. The molecule has 0 rings (SSSR count). The molecule has 55 heavy (non-hydrogen) atoms. The van der Waals surface area contributed by atoms with Gasteiger partial charge in [0.1, 0.15) is 19.8 Å². The van der Waals surface area contributed by atoms with E-state index in [9.17, 15) is 19.0 Å². The predicted octanol–water partition coefficient (Wildman–Crippen LogP) is 12.1. The van der Waals surface area contributed by atoms with Crippen LogP contribution in [-0.4, -0.2) is 74.9 Å². The van der Waals surface area contributed by atoms with Crippen molar-refractivity contribution in [1.82, 2.24) is 0 Å². The van der Waals surface area contributed by atoms with Crippen LogP contribution in [0.5, 0.6) is 0 Å². The normalized spacial score (nSPS) is 14.2. The average molecular weight is 795 g/mol. The summed E-state index contributed by atoms with van der Waals surface area (Å²) in [6.07, 6.45) is 44.2. The Balaban J connectivity index is 4.49. The molecule has 0 aliphatic carbocycles. The minimum Gasteiger partial charge on any atom is -0.462 e. The summed E-state index contributed by atoms with van der Waals surface area (Å²) in [4.78, 5) is 35.3. The van der Waals surface area contributed by atoms with Gasteiger partial charge < -0.3 is 18.9 Å². The zero-order valence-corrected chi connectivity index (χ0v) is 36.5. The third-order valence-electron chi connectivity index (χ3n) is 8.77. The lowest BCUT2D eigenvalue weighted by Gasteiger charge is -2.24. The second kappa shape index (κ2) is 37.3. The number of hydrogen-bond donors (Lipinski definition) is 1. The maximum absolute atomic E-state index is 12.7. The van der Waals surface area contributed by atoms with E-state index in [0.29, 0.717) is 23.9 Å². The molecule has 318 valence electrons. The molecule has 2 atom stereocenters. The van der Waals surface area contributed by atoms with Gasteiger partial charge in [0, 0.05) is 12.8 Å². The van der Waals surface area contributed by atoms with Crippen molar-refractivity contribution >= 4 is 19.8 Å². The van der Waals surface area contributed by atoms with E-state index in [-0.39, 0.29) is 26.1 Å². The molecule has 0 bridgehead atoms. The summed E-state index contributed by atoms with van der Waals surface area (Å²) in [5, 5.41) is 0. The summed E-state index contributed by atoms with van der Waals surface area (Å²) in [5.74, 6) is -0.881. The Morgan fingerprint density at radius 2 is 1.02 bits per heavy atom. The van der Waals surface area contributed by atoms with E-state index in [0.717, 1.165) is 70.6 Å². The van der Waals surface area contributed by atoms with Crippen LogP contribution in [0.2, 0.25) is 0 Å². The van der Waals surface area contributed by atoms with Crippen LogP contribution in [0.3, 0.4) is 0 Å². The van der Waals surface area contributed by atoms with Crippen molar-refractivity contribution in [3.05, 3.63) is 60.8 Å². The molecule has 0 fully saturated rings. The standard InChI is InChI=1S/C45H80NO8P/c1-6-8-10-12-14-16-18-20-22-23-24-26-27-29-31-33-35-37-44(47)51-41-43(42-53-55(49,50)52-40-39-46(3,4)5)54-45(48)38-36-34-32-30-28-25-21-19-17-15-13-11-9-7-2/h13,15,19-22,24,26,29,31,43H,6-12,14,16-18,23,25,27-28,30,32-42H2,1-5H3/p+1/b15-13+,21-19+,22-20+,26-24+,31-29+/t43-/m1/s1. The highest BCUT2D eigenvalue weighted by molar-refractivity contribution is 7.47. The lowest BCUT2D eigenvalue weighted by Crippen LogP contribution is -2.37. The number of nitrogens with zero attached hydrogens (tertiary/aromatic N) is 1. The Labute approximate surface area is 336 Å². The maximum Gasteiger partial charge on any atom is 0.472 e. The number of phosphoric acid groups is 1. The number of hydrogen-bond acceptors (Lipinski definition) is 7. The minimum atomic E-state index is -4.39. The summed E-state index contributed by atoms with van der Waals surface area (Å²) in [7, 11) is 1.43. The molecule has 0 amide bonds. The van der Waals surface area contributed by atoms with Crippen molar-refractivity contribution < 1.29 is 42.1 Å². The van der Waals surface area contributed by atoms with Crippen LogP contribution in [-0.2, 0) is 32.7 Å². The predicted molar refractivity (Wildman–Crippen MR) is 229 cm³/mol. The van der Waals surface area contributed by atoms with Crippen LogP contribution in [0.15, 0.2) is 60.8 Å². The highest BCUT2D eigenvalue weighted by Gasteiger charge is 2.27. The van der Waals surface area contributed by atoms with Gasteiger partial charge >= 0.3 is 19.8 Å². The number of carbonyl (C=O) groups is 2. The maximum atomic E-state index is 12.7. The first kappa shape index (κ1) is 52.7. The van der Waals surface area contributed by atoms with Crippen molar-refractivity contribution in [3.8, 4) is 0 Å². The van der Waals surface area contributed by atoms with Crippen molar-refractivity contribution in [3.63, 3.8) is 0 Å². The van der Waals surface area contributed by atoms with E-state index >= 15 is 0 Å². The smallest absolute Gasteiger partial charge is 0.462 e. The number of likely N-dealkylation sites (N-methyl/N-ethyl adjacent to an activating group) is 1. The van der Waals surface area contributed by atoms with Gasteiger partial charge in [-0.25, -0.2) is 4.57 Å². The van der Waals surface area contributed by atoms with Crippen molar-refractivity contribution in [2.75, 3.05) is 47.5 Å². The zero-order valence-electron chi connectivity index (χ0n) is 35.6. The molecule has 9 nitrogen and oxygen atoms in total. The van der Waals surface area contributed by atoms with Crippen LogP contribution < -0.4 is 0 Å². The van der Waals surface area contributed by atoms with E-state index in [1.54, 1.807) is 0 Å². The monoisotopic (exact) mass is 795 g/mol. The molecule has 0 radical (unpaired) electrons. The van der Waals surface area contributed by atoms with Gasteiger partial charge in [-0.2, -0.15) is 0 Å². The number of phosphoric ester groups is 1. The first-order valence-corrected chi connectivity index (χ1v) is 23.0. The highest BCUT2D eigenvalue weighted by atomic mass is 31.2. The van der Waals surface area contributed by atoms with Gasteiger partial charge in [-0.05, 0) is 70.6 Å². The Hall–Kier alpha value is -2.29. The first-order chi connectivity index (χ1) is 26.5.